The predicted molar refractivity (Wildman–Crippen MR) is 94.5 cm³/mol. The lowest BCUT2D eigenvalue weighted by molar-refractivity contribution is -0.117. The summed E-state index contributed by atoms with van der Waals surface area (Å²) in [5.41, 5.74) is 1.65. The fourth-order valence-corrected chi connectivity index (χ4v) is 2.85. The normalized spacial score (nSPS) is 14.7. The molecule has 0 aromatic heterocycles. The molecule has 0 unspecified atom stereocenters. The third-order valence-electron chi connectivity index (χ3n) is 3.76. The van der Waals surface area contributed by atoms with Gasteiger partial charge in [0.15, 0.2) is 0 Å². The molecule has 24 heavy (non-hydrogen) atoms. The van der Waals surface area contributed by atoms with E-state index in [4.69, 9.17) is 0 Å². The standard InChI is InChI=1S/C18H18N2O3S/c1-24(23)16-7-3-6-15(11-16)20-18(22)13-4-2-5-14(10-13)19-17(21)12-8-9-12/h2-7,10-12H,8-9H2,1H3,(H,19,21)(H,20,22)/t24-/m1/s1. The Kier molecular flexibility index (Phi) is 4.76. The highest BCUT2D eigenvalue weighted by Gasteiger charge is 2.29. The predicted octanol–water partition coefficient (Wildman–Crippen LogP) is 3.02. The van der Waals surface area contributed by atoms with Gasteiger partial charge >= 0.3 is 0 Å². The molecule has 2 N–H and O–H groups in total. The van der Waals surface area contributed by atoms with Crippen LogP contribution in [0.5, 0.6) is 0 Å². The Hall–Kier alpha value is -2.47. The molecule has 3 rings (SSSR count). The van der Waals surface area contributed by atoms with E-state index in [9.17, 15) is 13.8 Å². The summed E-state index contributed by atoms with van der Waals surface area (Å²) < 4.78 is 11.5. The van der Waals surface area contributed by atoms with Gasteiger partial charge in [-0.05, 0) is 49.2 Å². The molecule has 0 radical (unpaired) electrons. The smallest absolute Gasteiger partial charge is 0.255 e. The molecule has 5 nitrogen and oxygen atoms in total. The lowest BCUT2D eigenvalue weighted by Gasteiger charge is -2.09. The maximum Gasteiger partial charge on any atom is 0.255 e. The summed E-state index contributed by atoms with van der Waals surface area (Å²) in [5, 5.41) is 5.61. The molecule has 1 saturated carbocycles. The second kappa shape index (κ2) is 6.97. The number of carbonyl (C=O) groups excluding carboxylic acids is 2. The van der Waals surface area contributed by atoms with Crippen molar-refractivity contribution in [3.05, 3.63) is 54.1 Å². The van der Waals surface area contributed by atoms with Gasteiger partial charge in [-0.25, -0.2) is 0 Å². The average Bonchev–Trinajstić information content (AvgIpc) is 3.40. The summed E-state index contributed by atoms with van der Waals surface area (Å²) in [6, 6.07) is 13.8. The highest BCUT2D eigenvalue weighted by atomic mass is 32.2. The van der Waals surface area contributed by atoms with Gasteiger partial charge in [-0.2, -0.15) is 0 Å². The summed E-state index contributed by atoms with van der Waals surface area (Å²) in [6.07, 6.45) is 3.45. The van der Waals surface area contributed by atoms with E-state index in [0.29, 0.717) is 21.8 Å². The highest BCUT2D eigenvalue weighted by Crippen LogP contribution is 2.30. The maximum atomic E-state index is 12.4. The first-order chi connectivity index (χ1) is 11.5. The van der Waals surface area contributed by atoms with Crippen molar-refractivity contribution in [1.82, 2.24) is 0 Å². The molecule has 1 aliphatic carbocycles. The minimum absolute atomic E-state index is 0.00526. The van der Waals surface area contributed by atoms with Crippen LogP contribution < -0.4 is 10.6 Å². The van der Waals surface area contributed by atoms with Crippen LogP contribution in [0.4, 0.5) is 11.4 Å². The number of anilines is 2. The lowest BCUT2D eigenvalue weighted by Crippen LogP contribution is -2.15. The van der Waals surface area contributed by atoms with Crippen molar-refractivity contribution < 1.29 is 13.8 Å². The second-order valence-electron chi connectivity index (χ2n) is 5.78. The Balaban J connectivity index is 1.71. The third-order valence-corrected chi connectivity index (χ3v) is 4.68. The Morgan fingerprint density at radius 1 is 1.00 bits per heavy atom. The molecule has 2 aromatic carbocycles. The highest BCUT2D eigenvalue weighted by molar-refractivity contribution is 7.84. The van der Waals surface area contributed by atoms with E-state index in [2.05, 4.69) is 10.6 Å². The van der Waals surface area contributed by atoms with Gasteiger partial charge in [0, 0.05) is 44.8 Å². The topological polar surface area (TPSA) is 75.3 Å². The Morgan fingerprint density at radius 3 is 2.33 bits per heavy atom. The molecule has 1 atom stereocenters. The van der Waals surface area contributed by atoms with Crippen molar-refractivity contribution in [3.8, 4) is 0 Å². The van der Waals surface area contributed by atoms with Crippen LogP contribution in [0.15, 0.2) is 53.4 Å². The summed E-state index contributed by atoms with van der Waals surface area (Å²) in [5.74, 6) is -0.164. The quantitative estimate of drug-likeness (QED) is 0.877. The number of hydrogen-bond donors (Lipinski definition) is 2. The van der Waals surface area contributed by atoms with E-state index in [1.807, 2.05) is 0 Å². The van der Waals surface area contributed by atoms with Gasteiger partial charge in [-0.3, -0.25) is 13.8 Å². The number of hydrogen-bond acceptors (Lipinski definition) is 3. The Morgan fingerprint density at radius 2 is 1.67 bits per heavy atom. The molecule has 0 saturated heterocycles. The lowest BCUT2D eigenvalue weighted by atomic mass is 10.1. The van der Waals surface area contributed by atoms with E-state index in [1.54, 1.807) is 54.8 Å². The van der Waals surface area contributed by atoms with Crippen LogP contribution in [-0.4, -0.2) is 22.3 Å². The molecule has 0 spiro atoms. The van der Waals surface area contributed by atoms with Crippen LogP contribution in [0.1, 0.15) is 23.2 Å². The van der Waals surface area contributed by atoms with Gasteiger partial charge in [0.25, 0.3) is 5.91 Å². The van der Waals surface area contributed by atoms with Crippen molar-refractivity contribution in [2.75, 3.05) is 16.9 Å². The van der Waals surface area contributed by atoms with E-state index in [1.165, 1.54) is 0 Å². The first-order valence-electron chi connectivity index (χ1n) is 7.69. The van der Waals surface area contributed by atoms with Gasteiger partial charge < -0.3 is 10.6 Å². The van der Waals surface area contributed by atoms with Gasteiger partial charge in [0.05, 0.1) is 0 Å². The number of rotatable bonds is 5. The van der Waals surface area contributed by atoms with Crippen LogP contribution >= 0.6 is 0 Å². The van der Waals surface area contributed by atoms with E-state index in [-0.39, 0.29) is 17.7 Å². The second-order valence-corrected chi connectivity index (χ2v) is 7.16. The average molecular weight is 342 g/mol. The van der Waals surface area contributed by atoms with Crippen molar-refractivity contribution in [2.45, 2.75) is 17.7 Å². The van der Waals surface area contributed by atoms with Gasteiger partial charge in [0.1, 0.15) is 0 Å². The van der Waals surface area contributed by atoms with Crippen LogP contribution in [0.3, 0.4) is 0 Å². The minimum Gasteiger partial charge on any atom is -0.326 e. The number of benzene rings is 2. The van der Waals surface area contributed by atoms with Crippen molar-refractivity contribution in [2.24, 2.45) is 5.92 Å². The summed E-state index contributed by atoms with van der Waals surface area (Å²) in [4.78, 5) is 24.8. The molecule has 1 aliphatic rings. The monoisotopic (exact) mass is 342 g/mol. The van der Waals surface area contributed by atoms with Crippen LogP contribution in [0.25, 0.3) is 0 Å². The molecular weight excluding hydrogens is 324 g/mol. The molecule has 2 amide bonds. The molecule has 0 aliphatic heterocycles. The Bertz CT molecular complexity index is 815. The van der Waals surface area contributed by atoms with Gasteiger partial charge in [-0.1, -0.05) is 12.1 Å². The summed E-state index contributed by atoms with van der Waals surface area (Å²) >= 11 is 0. The molecule has 124 valence electrons. The van der Waals surface area contributed by atoms with Gasteiger partial charge in [-0.15, -0.1) is 0 Å². The zero-order valence-electron chi connectivity index (χ0n) is 13.2. The SMILES string of the molecule is C[S@@](=O)c1cccc(NC(=O)c2cccc(NC(=O)C3CC3)c2)c1. The van der Waals surface area contributed by atoms with Crippen molar-refractivity contribution >= 4 is 34.0 Å². The summed E-state index contributed by atoms with van der Waals surface area (Å²) in [7, 11) is -1.11. The van der Waals surface area contributed by atoms with E-state index in [0.717, 1.165) is 12.8 Å². The fraction of sp³-hybridized carbons (Fsp3) is 0.222. The van der Waals surface area contributed by atoms with Crippen LogP contribution in [0, 0.1) is 5.92 Å². The van der Waals surface area contributed by atoms with Crippen LogP contribution in [0.2, 0.25) is 0 Å². The maximum absolute atomic E-state index is 12.4. The van der Waals surface area contributed by atoms with Crippen molar-refractivity contribution in [3.63, 3.8) is 0 Å². The minimum atomic E-state index is -1.11. The zero-order chi connectivity index (χ0) is 17.1. The molecule has 6 heteroatoms. The first-order valence-corrected chi connectivity index (χ1v) is 9.24. The molecular formula is C18H18N2O3S. The molecule has 1 fully saturated rings. The van der Waals surface area contributed by atoms with E-state index < -0.39 is 10.8 Å². The molecule has 0 bridgehead atoms. The molecule has 2 aromatic rings. The zero-order valence-corrected chi connectivity index (χ0v) is 14.1. The van der Waals surface area contributed by atoms with Crippen LogP contribution in [-0.2, 0) is 15.6 Å². The first kappa shape index (κ1) is 16.4. The van der Waals surface area contributed by atoms with Gasteiger partial charge in [0.2, 0.25) is 5.91 Å². The largest absolute Gasteiger partial charge is 0.326 e. The molecule has 0 heterocycles. The Labute approximate surface area is 142 Å². The summed E-state index contributed by atoms with van der Waals surface area (Å²) in [6.45, 7) is 0. The van der Waals surface area contributed by atoms with Crippen molar-refractivity contribution in [1.29, 1.82) is 0 Å². The van der Waals surface area contributed by atoms with E-state index >= 15 is 0 Å². The third kappa shape index (κ3) is 4.08. The number of carbonyl (C=O) groups is 2. The number of amides is 2. The fourth-order valence-electron chi connectivity index (χ4n) is 2.28. The number of nitrogens with one attached hydrogen (secondary N) is 2.